The zero-order valence-corrected chi connectivity index (χ0v) is 26.8. The minimum absolute atomic E-state index is 0.0400. The van der Waals surface area contributed by atoms with E-state index in [0.717, 1.165) is 22.6 Å². The van der Waals surface area contributed by atoms with Crippen LogP contribution in [0.2, 0.25) is 0 Å². The van der Waals surface area contributed by atoms with Crippen LogP contribution in [0.15, 0.2) is 83.1 Å². The van der Waals surface area contributed by atoms with E-state index in [1.807, 2.05) is 76.2 Å². The van der Waals surface area contributed by atoms with Gasteiger partial charge in [0.05, 0.1) is 14.2 Å². The fraction of sp³-hybridized carbons (Fsp3) is 0.357. The molecule has 2 aromatic carbocycles. The van der Waals surface area contributed by atoms with Crippen molar-refractivity contribution in [3.05, 3.63) is 84.2 Å². The molecule has 0 radical (unpaired) electrons. The van der Waals surface area contributed by atoms with Gasteiger partial charge in [0, 0.05) is 48.2 Å². The van der Waals surface area contributed by atoms with E-state index in [-0.39, 0.29) is 35.2 Å². The lowest BCUT2D eigenvalue weighted by Crippen LogP contribution is -2.30. The fourth-order valence-corrected chi connectivity index (χ4v) is 5.71. The topological polar surface area (TPSA) is 126 Å². The number of nitrogens with zero attached hydrogens (tertiary/aromatic N) is 5. The molecule has 0 N–H and O–H groups in total. The minimum atomic E-state index is -3.80. The van der Waals surface area contributed by atoms with E-state index < -0.39 is 19.1 Å². The number of halogens is 1. The van der Waals surface area contributed by atoms with Gasteiger partial charge in [0.25, 0.3) is 19.1 Å². The second kappa shape index (κ2) is 14.2. The highest BCUT2D eigenvalue weighted by Gasteiger charge is 2.28. The van der Waals surface area contributed by atoms with Crippen LogP contribution in [-0.4, -0.2) is 54.9 Å². The molecule has 11 nitrogen and oxygen atoms in total. The van der Waals surface area contributed by atoms with Gasteiger partial charge in [0.15, 0.2) is 10.1 Å². The van der Waals surface area contributed by atoms with Gasteiger partial charge in [0.1, 0.15) is 11.5 Å². The number of hydrogen-bond donors (Lipinski definition) is 0. The van der Waals surface area contributed by atoms with Crippen molar-refractivity contribution < 1.29 is 26.3 Å². The number of benzene rings is 2. The molecule has 0 aliphatic heterocycles. The maximum Gasteiger partial charge on any atom is 0.280 e. The summed E-state index contributed by atoms with van der Waals surface area (Å²) in [4.78, 5) is 0. The Hall–Kier alpha value is -3.39. The third-order valence-electron chi connectivity index (χ3n) is 6.12. The molecule has 0 unspecified atom stereocenters. The lowest BCUT2D eigenvalue weighted by atomic mass is 10.2. The predicted molar refractivity (Wildman–Crippen MR) is 161 cm³/mol. The molecule has 0 amide bonds. The van der Waals surface area contributed by atoms with Gasteiger partial charge in [0.2, 0.25) is 0 Å². The number of aromatic nitrogens is 4. The van der Waals surface area contributed by atoms with E-state index in [4.69, 9.17) is 20.2 Å². The molecule has 0 spiro atoms. The monoisotopic (exact) mass is 637 g/mol. The van der Waals surface area contributed by atoms with Crippen LogP contribution in [0.3, 0.4) is 0 Å². The molecule has 2 heterocycles. The molecule has 42 heavy (non-hydrogen) atoms. The first-order valence-electron chi connectivity index (χ1n) is 13.1. The lowest BCUT2D eigenvalue weighted by Gasteiger charge is -2.22. The highest BCUT2D eigenvalue weighted by Crippen LogP contribution is 2.23. The molecule has 0 fully saturated rings. The Kier molecular flexibility index (Phi) is 11.2. The van der Waals surface area contributed by atoms with Crippen molar-refractivity contribution in [2.75, 3.05) is 14.2 Å². The first-order valence-corrected chi connectivity index (χ1v) is 16.8. The Morgan fingerprint density at radius 3 is 1.38 bits per heavy atom. The molecule has 4 aromatic rings. The van der Waals surface area contributed by atoms with Gasteiger partial charge in [-0.05, 0) is 75.2 Å². The van der Waals surface area contributed by atoms with Crippen LogP contribution in [-0.2, 0) is 32.2 Å². The number of hydrogen-bond acceptors (Lipinski definition) is 8. The fourth-order valence-electron chi connectivity index (χ4n) is 3.71. The van der Waals surface area contributed by atoms with E-state index in [0.29, 0.717) is 0 Å². The van der Waals surface area contributed by atoms with E-state index in [9.17, 15) is 16.8 Å². The highest BCUT2D eigenvalue weighted by molar-refractivity contribution is 8.13. The number of ether oxygens (including phenoxy) is 2. The van der Waals surface area contributed by atoms with Crippen LogP contribution >= 0.6 is 10.7 Å². The average Bonchev–Trinajstić information content (AvgIpc) is 3.65. The van der Waals surface area contributed by atoms with Gasteiger partial charge in [-0.3, -0.25) is 9.36 Å². The zero-order chi connectivity index (χ0) is 31.1. The molecule has 0 aliphatic rings. The molecule has 2 aromatic heterocycles. The predicted octanol–water partition coefficient (Wildman–Crippen LogP) is 5.26. The summed E-state index contributed by atoms with van der Waals surface area (Å²) in [5, 5.41) is 8.01. The summed E-state index contributed by atoms with van der Waals surface area (Å²) in [6.07, 6.45) is 3.27. The molecule has 4 rings (SSSR count). The standard InChI is InChI=1S/C22H27N3O4S.C6H9ClN2O2S/c1-17(2)25-14-13-22(23-25)30(26,27)24(15-18-5-9-20(28-3)10-6-18)16-19-7-11-21(29-4)12-8-19;1-5(2)9-4-3-6(8-9)12(7,10)11/h5-14,17H,15-16H2,1-4H3;3-5H,1-2H3. The third kappa shape index (κ3) is 8.81. The average molecular weight is 638 g/mol. The minimum Gasteiger partial charge on any atom is -0.497 e. The van der Waals surface area contributed by atoms with Crippen LogP contribution in [0, 0.1) is 0 Å². The largest absolute Gasteiger partial charge is 0.497 e. The maximum atomic E-state index is 13.4. The molecule has 0 aliphatic carbocycles. The number of rotatable bonds is 11. The Balaban J connectivity index is 0.000000337. The van der Waals surface area contributed by atoms with Gasteiger partial charge in [-0.15, -0.1) is 0 Å². The summed E-state index contributed by atoms with van der Waals surface area (Å²) in [5.41, 5.74) is 1.72. The molecule has 228 valence electrons. The summed E-state index contributed by atoms with van der Waals surface area (Å²) < 4.78 is 63.4. The summed E-state index contributed by atoms with van der Waals surface area (Å²) in [6, 6.07) is 17.9. The lowest BCUT2D eigenvalue weighted by molar-refractivity contribution is 0.394. The first kappa shape index (κ1) is 33.1. The molecule has 0 bridgehead atoms. The van der Waals surface area contributed by atoms with Crippen molar-refractivity contribution in [3.8, 4) is 11.5 Å². The molecule has 0 saturated heterocycles. The van der Waals surface area contributed by atoms with E-state index in [1.54, 1.807) is 37.4 Å². The van der Waals surface area contributed by atoms with Gasteiger partial charge >= 0.3 is 0 Å². The molecular formula is C28H36ClN5O6S2. The van der Waals surface area contributed by atoms with Crippen LogP contribution < -0.4 is 9.47 Å². The quantitative estimate of drug-likeness (QED) is 0.204. The van der Waals surface area contributed by atoms with Crippen LogP contribution in [0.4, 0.5) is 0 Å². The van der Waals surface area contributed by atoms with Gasteiger partial charge in [-0.2, -0.15) is 14.5 Å². The van der Waals surface area contributed by atoms with Crippen molar-refractivity contribution in [2.45, 2.75) is 62.9 Å². The normalized spacial score (nSPS) is 12.0. The van der Waals surface area contributed by atoms with E-state index in [1.165, 1.54) is 15.1 Å². The molecule has 0 saturated carbocycles. The Labute approximate surface area is 252 Å². The van der Waals surface area contributed by atoms with Crippen molar-refractivity contribution in [2.24, 2.45) is 0 Å². The zero-order valence-electron chi connectivity index (χ0n) is 24.4. The van der Waals surface area contributed by atoms with Gasteiger partial charge in [-0.25, -0.2) is 16.8 Å². The maximum absolute atomic E-state index is 13.4. The Bertz CT molecular complexity index is 1600. The second-order valence-electron chi connectivity index (χ2n) is 9.86. The van der Waals surface area contributed by atoms with Crippen molar-refractivity contribution >= 4 is 29.8 Å². The van der Waals surface area contributed by atoms with E-state index >= 15 is 0 Å². The number of methoxy groups -OCH3 is 2. The van der Waals surface area contributed by atoms with Crippen molar-refractivity contribution in [3.63, 3.8) is 0 Å². The van der Waals surface area contributed by atoms with Crippen molar-refractivity contribution in [1.82, 2.24) is 23.9 Å². The molecular weight excluding hydrogens is 602 g/mol. The summed E-state index contributed by atoms with van der Waals surface area (Å²) >= 11 is 0. The smallest absolute Gasteiger partial charge is 0.280 e. The Morgan fingerprint density at radius 1 is 0.690 bits per heavy atom. The molecule has 0 atom stereocenters. The summed E-state index contributed by atoms with van der Waals surface area (Å²) in [6.45, 7) is 8.14. The Morgan fingerprint density at radius 2 is 1.07 bits per heavy atom. The summed E-state index contributed by atoms with van der Waals surface area (Å²) in [5.74, 6) is 1.44. The highest BCUT2D eigenvalue weighted by atomic mass is 35.7. The van der Waals surface area contributed by atoms with E-state index in [2.05, 4.69) is 10.2 Å². The second-order valence-corrected chi connectivity index (χ2v) is 14.3. The SMILES string of the molecule is CC(C)n1ccc(S(=O)(=O)Cl)n1.COc1ccc(CN(Cc2ccc(OC)cc2)S(=O)(=O)c2ccn(C(C)C)n2)cc1. The summed E-state index contributed by atoms with van der Waals surface area (Å²) in [7, 11) is 0.791. The van der Waals surface area contributed by atoms with Crippen LogP contribution in [0.1, 0.15) is 50.9 Å². The molecule has 14 heteroatoms. The van der Waals surface area contributed by atoms with Crippen LogP contribution in [0.25, 0.3) is 0 Å². The van der Waals surface area contributed by atoms with Gasteiger partial charge < -0.3 is 9.47 Å². The van der Waals surface area contributed by atoms with Gasteiger partial charge in [-0.1, -0.05) is 24.3 Å². The third-order valence-corrected chi connectivity index (χ3v) is 8.99. The van der Waals surface area contributed by atoms with Crippen LogP contribution in [0.5, 0.6) is 11.5 Å². The number of sulfonamides is 1. The first-order chi connectivity index (χ1) is 19.7. The van der Waals surface area contributed by atoms with Crippen molar-refractivity contribution in [1.29, 1.82) is 0 Å².